The van der Waals surface area contributed by atoms with E-state index in [9.17, 15) is 14.4 Å². The van der Waals surface area contributed by atoms with Gasteiger partial charge in [0.05, 0.1) is 36.7 Å². The predicted molar refractivity (Wildman–Crippen MR) is 163 cm³/mol. The number of nitrogens with one attached hydrogen (secondary N) is 2. The van der Waals surface area contributed by atoms with Gasteiger partial charge in [0.2, 0.25) is 5.91 Å². The van der Waals surface area contributed by atoms with Gasteiger partial charge in [0, 0.05) is 17.2 Å². The Bertz CT molecular complexity index is 1710. The highest BCUT2D eigenvalue weighted by Gasteiger charge is 2.35. The Balaban J connectivity index is 1.50. The van der Waals surface area contributed by atoms with Gasteiger partial charge in [-0.15, -0.1) is 0 Å². The number of carbonyl (C=O) groups excluding carboxylic acids is 3. The first-order valence-electron chi connectivity index (χ1n) is 13.6. The molecule has 43 heavy (non-hydrogen) atoms. The molecule has 0 fully saturated rings. The van der Waals surface area contributed by atoms with Gasteiger partial charge in [0.1, 0.15) is 29.4 Å². The van der Waals surface area contributed by atoms with Crippen LogP contribution < -0.4 is 24.8 Å². The number of rotatable bonds is 8. The molecule has 2 N–H and O–H groups in total. The average molecular weight is 581 g/mol. The third-order valence-corrected chi connectivity index (χ3v) is 7.28. The van der Waals surface area contributed by atoms with Crippen molar-refractivity contribution < 1.29 is 33.3 Å². The molecule has 9 nitrogen and oxygen atoms in total. The number of aryl methyl sites for hydroxylation is 1. The lowest BCUT2D eigenvalue weighted by Crippen LogP contribution is -2.47. The number of amides is 1. The molecule has 1 aliphatic rings. The number of benzene rings is 4. The summed E-state index contributed by atoms with van der Waals surface area (Å²) < 4.78 is 22.3. The van der Waals surface area contributed by atoms with Crippen molar-refractivity contribution in [2.45, 2.75) is 32.9 Å². The second-order valence-corrected chi connectivity index (χ2v) is 10.6. The SMILES string of the molecule is COc1ccc(C(=O)OCc2c(-c3ccc(OC(=O)c4ccccc4C)cc3OC)ccc3c2NC(=O)C(C)(C)N3)cc1. The molecule has 1 amide bonds. The monoisotopic (exact) mass is 580 g/mol. The zero-order valence-corrected chi connectivity index (χ0v) is 24.6. The summed E-state index contributed by atoms with van der Waals surface area (Å²) in [6.45, 7) is 5.26. The van der Waals surface area contributed by atoms with Gasteiger partial charge in [0.25, 0.3) is 0 Å². The zero-order valence-electron chi connectivity index (χ0n) is 24.6. The van der Waals surface area contributed by atoms with Crippen molar-refractivity contribution in [1.29, 1.82) is 0 Å². The van der Waals surface area contributed by atoms with Gasteiger partial charge in [-0.05, 0) is 80.4 Å². The molecule has 1 heterocycles. The molecule has 0 bridgehead atoms. The van der Waals surface area contributed by atoms with Crippen LogP contribution in [0.4, 0.5) is 11.4 Å². The molecular formula is C34H32N2O7. The largest absolute Gasteiger partial charge is 0.497 e. The lowest BCUT2D eigenvalue weighted by atomic mass is 9.92. The number of hydrogen-bond donors (Lipinski definition) is 2. The second-order valence-electron chi connectivity index (χ2n) is 10.6. The van der Waals surface area contributed by atoms with E-state index < -0.39 is 17.5 Å². The Morgan fingerprint density at radius 2 is 1.51 bits per heavy atom. The fourth-order valence-electron chi connectivity index (χ4n) is 4.83. The van der Waals surface area contributed by atoms with Crippen molar-refractivity contribution in [3.05, 3.63) is 101 Å². The predicted octanol–water partition coefficient (Wildman–Crippen LogP) is 6.40. The van der Waals surface area contributed by atoms with Gasteiger partial charge in [-0.3, -0.25) is 4.79 Å². The smallest absolute Gasteiger partial charge is 0.343 e. The maximum Gasteiger partial charge on any atom is 0.343 e. The van der Waals surface area contributed by atoms with E-state index in [-0.39, 0.29) is 12.5 Å². The van der Waals surface area contributed by atoms with Crippen LogP contribution in [0.25, 0.3) is 11.1 Å². The van der Waals surface area contributed by atoms with E-state index in [1.165, 1.54) is 7.11 Å². The Morgan fingerprint density at radius 3 is 2.21 bits per heavy atom. The molecule has 220 valence electrons. The summed E-state index contributed by atoms with van der Waals surface area (Å²) in [7, 11) is 3.06. The Kier molecular flexibility index (Phi) is 8.07. The van der Waals surface area contributed by atoms with Crippen LogP contribution in [-0.2, 0) is 16.1 Å². The van der Waals surface area contributed by atoms with E-state index in [2.05, 4.69) is 10.6 Å². The fourth-order valence-corrected chi connectivity index (χ4v) is 4.83. The third-order valence-electron chi connectivity index (χ3n) is 7.28. The first-order valence-corrected chi connectivity index (χ1v) is 13.6. The van der Waals surface area contributed by atoms with Gasteiger partial charge < -0.3 is 29.6 Å². The maximum absolute atomic E-state index is 13.0. The number of anilines is 2. The van der Waals surface area contributed by atoms with E-state index in [1.54, 1.807) is 75.6 Å². The summed E-state index contributed by atoms with van der Waals surface area (Å²) in [5, 5.41) is 6.25. The highest BCUT2D eigenvalue weighted by molar-refractivity contribution is 6.07. The summed E-state index contributed by atoms with van der Waals surface area (Å²) >= 11 is 0. The van der Waals surface area contributed by atoms with E-state index in [0.717, 1.165) is 5.56 Å². The molecule has 0 aliphatic carbocycles. The van der Waals surface area contributed by atoms with E-state index >= 15 is 0 Å². The molecule has 0 atom stereocenters. The molecule has 9 heteroatoms. The van der Waals surface area contributed by atoms with Crippen LogP contribution in [-0.4, -0.2) is 37.6 Å². The molecule has 5 rings (SSSR count). The summed E-state index contributed by atoms with van der Waals surface area (Å²) in [6.07, 6.45) is 0. The number of esters is 2. The third kappa shape index (κ3) is 6.01. The Labute approximate surface area is 249 Å². The highest BCUT2D eigenvalue weighted by Crippen LogP contribution is 2.43. The van der Waals surface area contributed by atoms with Gasteiger partial charge in [-0.1, -0.05) is 24.3 Å². The van der Waals surface area contributed by atoms with Crippen LogP contribution in [0.5, 0.6) is 17.2 Å². The molecule has 0 radical (unpaired) electrons. The summed E-state index contributed by atoms with van der Waals surface area (Å²) in [5.74, 6) is 0.0956. The number of fused-ring (bicyclic) bond motifs is 1. The Hall–Kier alpha value is -5.31. The Morgan fingerprint density at radius 1 is 0.814 bits per heavy atom. The number of hydrogen-bond acceptors (Lipinski definition) is 8. The molecule has 0 saturated heterocycles. The van der Waals surface area contributed by atoms with Gasteiger partial charge in [0.15, 0.2) is 0 Å². The minimum Gasteiger partial charge on any atom is -0.497 e. The molecular weight excluding hydrogens is 548 g/mol. The summed E-state index contributed by atoms with van der Waals surface area (Å²) in [4.78, 5) is 38.7. The van der Waals surface area contributed by atoms with Crippen molar-refractivity contribution in [2.75, 3.05) is 24.9 Å². The first-order chi connectivity index (χ1) is 20.6. The van der Waals surface area contributed by atoms with Crippen molar-refractivity contribution in [3.63, 3.8) is 0 Å². The van der Waals surface area contributed by atoms with Crippen molar-refractivity contribution in [3.8, 4) is 28.4 Å². The first kappa shape index (κ1) is 29.2. The minimum absolute atomic E-state index is 0.140. The average Bonchev–Trinajstić information content (AvgIpc) is 3.00. The molecule has 4 aromatic carbocycles. The maximum atomic E-state index is 13.0. The number of methoxy groups -OCH3 is 2. The fraction of sp³-hybridized carbons (Fsp3) is 0.206. The van der Waals surface area contributed by atoms with Crippen LogP contribution in [0, 0.1) is 6.92 Å². The number of ether oxygens (including phenoxy) is 4. The molecule has 0 aromatic heterocycles. The number of carbonyl (C=O) groups is 3. The van der Waals surface area contributed by atoms with Crippen LogP contribution >= 0.6 is 0 Å². The van der Waals surface area contributed by atoms with E-state index in [0.29, 0.717) is 56.4 Å². The van der Waals surface area contributed by atoms with Crippen molar-refractivity contribution >= 4 is 29.2 Å². The molecule has 1 aliphatic heterocycles. The lowest BCUT2D eigenvalue weighted by Gasteiger charge is -2.34. The van der Waals surface area contributed by atoms with Crippen molar-refractivity contribution in [1.82, 2.24) is 0 Å². The minimum atomic E-state index is -0.841. The highest BCUT2D eigenvalue weighted by atomic mass is 16.5. The van der Waals surface area contributed by atoms with Crippen LogP contribution in [0.1, 0.15) is 45.7 Å². The second kappa shape index (κ2) is 11.9. The van der Waals surface area contributed by atoms with Crippen LogP contribution in [0.2, 0.25) is 0 Å². The van der Waals surface area contributed by atoms with E-state index in [1.807, 2.05) is 31.2 Å². The molecule has 0 saturated carbocycles. The molecule has 0 unspecified atom stereocenters. The van der Waals surface area contributed by atoms with E-state index in [4.69, 9.17) is 18.9 Å². The topological polar surface area (TPSA) is 112 Å². The summed E-state index contributed by atoms with van der Waals surface area (Å²) in [5.41, 5.74) is 3.85. The van der Waals surface area contributed by atoms with Crippen LogP contribution in [0.15, 0.2) is 78.9 Å². The van der Waals surface area contributed by atoms with Crippen LogP contribution in [0.3, 0.4) is 0 Å². The zero-order chi connectivity index (χ0) is 30.7. The normalized spacial score (nSPS) is 13.2. The standard InChI is InChI=1S/C34H32N2O7/c1-20-8-6-7-9-24(20)32(38)43-23-14-15-26(29(18-23)41-5)25-16-17-28-30(35-33(39)34(2,3)36-28)27(25)19-42-31(37)21-10-12-22(40-4)13-11-21/h6-18,36H,19H2,1-5H3,(H,35,39). The molecule has 4 aromatic rings. The van der Waals surface area contributed by atoms with Gasteiger partial charge >= 0.3 is 11.9 Å². The lowest BCUT2D eigenvalue weighted by molar-refractivity contribution is -0.119. The molecule has 0 spiro atoms. The van der Waals surface area contributed by atoms with Gasteiger partial charge in [-0.25, -0.2) is 9.59 Å². The summed E-state index contributed by atoms with van der Waals surface area (Å²) in [6, 6.07) is 22.5. The van der Waals surface area contributed by atoms with Gasteiger partial charge in [-0.2, -0.15) is 0 Å². The quantitative estimate of drug-likeness (QED) is 0.182. The van der Waals surface area contributed by atoms with Crippen molar-refractivity contribution in [2.24, 2.45) is 0 Å².